The molecule has 2 aromatic rings. The predicted octanol–water partition coefficient (Wildman–Crippen LogP) is 6.15. The lowest BCUT2D eigenvalue weighted by atomic mass is 9.84. The van der Waals surface area contributed by atoms with Crippen LogP contribution in [0.25, 0.3) is 0 Å². The van der Waals surface area contributed by atoms with Gasteiger partial charge in [0.15, 0.2) is 5.78 Å². The number of hydrogen-bond donors (Lipinski definition) is 1. The van der Waals surface area contributed by atoms with E-state index in [-0.39, 0.29) is 5.78 Å². The number of hydrogen-bond acceptors (Lipinski definition) is 2. The molecule has 2 atom stereocenters. The quantitative estimate of drug-likeness (QED) is 0.367. The second kappa shape index (κ2) is 11.6. The minimum absolute atomic E-state index is 0.00671. The molecule has 2 rings (SSSR count). The van der Waals surface area contributed by atoms with Crippen LogP contribution in [0.15, 0.2) is 60.7 Å². The zero-order valence-electron chi connectivity index (χ0n) is 15.9. The average molecular weight is 353 g/mol. The van der Waals surface area contributed by atoms with E-state index in [0.717, 1.165) is 18.4 Å². The maximum Gasteiger partial charge on any atom is 0.172 e. The summed E-state index contributed by atoms with van der Waals surface area (Å²) >= 11 is 0. The molecule has 0 bridgehead atoms. The average Bonchev–Trinajstić information content (AvgIpc) is 2.69. The SMILES string of the molecule is CCCCCCCCCC(O)C(C(=O)c1ccccc1)c1ccccc1. The van der Waals surface area contributed by atoms with E-state index in [1.54, 1.807) is 0 Å². The van der Waals surface area contributed by atoms with Crippen LogP contribution in [0.5, 0.6) is 0 Å². The number of Topliss-reactive ketones (excluding diaryl/α,β-unsaturated/α-hetero) is 1. The van der Waals surface area contributed by atoms with Crippen LogP contribution in [0.3, 0.4) is 0 Å². The van der Waals surface area contributed by atoms with E-state index in [0.29, 0.717) is 12.0 Å². The molecule has 0 saturated carbocycles. The summed E-state index contributed by atoms with van der Waals surface area (Å²) < 4.78 is 0. The van der Waals surface area contributed by atoms with Crippen molar-refractivity contribution in [3.8, 4) is 0 Å². The van der Waals surface area contributed by atoms with Crippen molar-refractivity contribution in [2.24, 2.45) is 0 Å². The second-order valence-electron chi connectivity index (χ2n) is 7.10. The number of unbranched alkanes of at least 4 members (excludes halogenated alkanes) is 6. The molecule has 2 unspecified atom stereocenters. The van der Waals surface area contributed by atoms with E-state index in [2.05, 4.69) is 6.92 Å². The van der Waals surface area contributed by atoms with Gasteiger partial charge in [-0.3, -0.25) is 4.79 Å². The van der Waals surface area contributed by atoms with Crippen molar-refractivity contribution in [3.05, 3.63) is 71.8 Å². The Morgan fingerprint density at radius 1 is 0.808 bits per heavy atom. The Hall–Kier alpha value is -1.93. The number of rotatable bonds is 12. The fourth-order valence-corrected chi connectivity index (χ4v) is 3.47. The highest BCUT2D eigenvalue weighted by molar-refractivity contribution is 6.01. The summed E-state index contributed by atoms with van der Waals surface area (Å²) in [7, 11) is 0. The number of carbonyl (C=O) groups is 1. The van der Waals surface area contributed by atoms with Gasteiger partial charge in [0, 0.05) is 5.56 Å². The highest BCUT2D eigenvalue weighted by atomic mass is 16.3. The van der Waals surface area contributed by atoms with Gasteiger partial charge in [-0.2, -0.15) is 0 Å². The third-order valence-corrected chi connectivity index (χ3v) is 4.99. The van der Waals surface area contributed by atoms with Crippen molar-refractivity contribution < 1.29 is 9.90 Å². The van der Waals surface area contributed by atoms with Gasteiger partial charge in [0.05, 0.1) is 12.0 Å². The van der Waals surface area contributed by atoms with Crippen LogP contribution in [-0.4, -0.2) is 17.0 Å². The lowest BCUT2D eigenvalue weighted by molar-refractivity contribution is 0.0787. The summed E-state index contributed by atoms with van der Waals surface area (Å²) in [5.74, 6) is -0.481. The maximum absolute atomic E-state index is 13.0. The van der Waals surface area contributed by atoms with Gasteiger partial charge in [0.2, 0.25) is 0 Å². The molecule has 0 fully saturated rings. The number of benzene rings is 2. The van der Waals surface area contributed by atoms with E-state index in [4.69, 9.17) is 0 Å². The van der Waals surface area contributed by atoms with E-state index < -0.39 is 12.0 Å². The van der Waals surface area contributed by atoms with Crippen LogP contribution in [0, 0.1) is 0 Å². The fourth-order valence-electron chi connectivity index (χ4n) is 3.47. The van der Waals surface area contributed by atoms with Crippen LogP contribution in [0.1, 0.15) is 80.1 Å². The van der Waals surface area contributed by atoms with Gasteiger partial charge in [-0.05, 0) is 12.0 Å². The first-order valence-electron chi connectivity index (χ1n) is 10.1. The van der Waals surface area contributed by atoms with E-state index >= 15 is 0 Å². The van der Waals surface area contributed by atoms with E-state index in [9.17, 15) is 9.90 Å². The molecule has 0 aliphatic heterocycles. The van der Waals surface area contributed by atoms with Crippen LogP contribution in [-0.2, 0) is 0 Å². The molecule has 140 valence electrons. The maximum atomic E-state index is 13.0. The predicted molar refractivity (Wildman–Crippen MR) is 109 cm³/mol. The number of aliphatic hydroxyl groups is 1. The zero-order chi connectivity index (χ0) is 18.6. The standard InChI is InChI=1S/C24H32O2/c1-2-3-4-5-6-7-14-19-22(25)23(20-15-10-8-11-16-20)24(26)21-17-12-9-13-18-21/h8-13,15-18,22-23,25H,2-7,14,19H2,1H3. The van der Waals surface area contributed by atoms with Gasteiger partial charge in [-0.1, -0.05) is 113 Å². The molecule has 0 radical (unpaired) electrons. The van der Waals surface area contributed by atoms with Crippen molar-refractivity contribution in [1.82, 2.24) is 0 Å². The Bertz CT molecular complexity index is 621. The normalized spacial score (nSPS) is 13.3. The van der Waals surface area contributed by atoms with Crippen molar-refractivity contribution >= 4 is 5.78 Å². The van der Waals surface area contributed by atoms with Gasteiger partial charge in [-0.25, -0.2) is 0 Å². The monoisotopic (exact) mass is 352 g/mol. The largest absolute Gasteiger partial charge is 0.392 e. The van der Waals surface area contributed by atoms with Crippen molar-refractivity contribution in [3.63, 3.8) is 0 Å². The highest BCUT2D eigenvalue weighted by Gasteiger charge is 2.28. The minimum Gasteiger partial charge on any atom is -0.392 e. The molecule has 0 aromatic heterocycles. The summed E-state index contributed by atoms with van der Waals surface area (Å²) in [4.78, 5) is 13.0. The zero-order valence-corrected chi connectivity index (χ0v) is 15.9. The van der Waals surface area contributed by atoms with Crippen molar-refractivity contribution in [2.45, 2.75) is 70.3 Å². The Balaban J connectivity index is 1.97. The molecule has 1 N–H and O–H groups in total. The Kier molecular flexibility index (Phi) is 9.13. The van der Waals surface area contributed by atoms with Crippen LogP contribution < -0.4 is 0 Å². The van der Waals surface area contributed by atoms with Gasteiger partial charge in [-0.15, -0.1) is 0 Å². The molecular weight excluding hydrogens is 320 g/mol. The Morgan fingerprint density at radius 2 is 1.35 bits per heavy atom. The van der Waals surface area contributed by atoms with Crippen molar-refractivity contribution in [2.75, 3.05) is 0 Å². The third-order valence-electron chi connectivity index (χ3n) is 4.99. The van der Waals surface area contributed by atoms with E-state index in [1.165, 1.54) is 32.1 Å². The fraction of sp³-hybridized carbons (Fsp3) is 0.458. The number of aliphatic hydroxyl groups excluding tert-OH is 1. The second-order valence-corrected chi connectivity index (χ2v) is 7.10. The summed E-state index contributed by atoms with van der Waals surface area (Å²) in [5.41, 5.74) is 1.57. The lowest BCUT2D eigenvalue weighted by Gasteiger charge is -2.22. The molecule has 2 aromatic carbocycles. The van der Waals surface area contributed by atoms with Crippen LogP contribution in [0.2, 0.25) is 0 Å². The van der Waals surface area contributed by atoms with Crippen molar-refractivity contribution in [1.29, 1.82) is 0 Å². The van der Waals surface area contributed by atoms with Gasteiger partial charge < -0.3 is 5.11 Å². The smallest absolute Gasteiger partial charge is 0.172 e. The molecular formula is C24H32O2. The summed E-state index contributed by atoms with van der Waals surface area (Å²) in [6.07, 6.45) is 8.50. The molecule has 0 aliphatic rings. The van der Waals surface area contributed by atoms with E-state index in [1.807, 2.05) is 60.7 Å². The lowest BCUT2D eigenvalue weighted by Crippen LogP contribution is -2.26. The van der Waals surface area contributed by atoms with Crippen LogP contribution in [0.4, 0.5) is 0 Å². The first-order valence-corrected chi connectivity index (χ1v) is 10.1. The summed E-state index contributed by atoms with van der Waals surface area (Å²) in [6.45, 7) is 2.23. The summed E-state index contributed by atoms with van der Waals surface area (Å²) in [5, 5.41) is 10.8. The molecule has 0 spiro atoms. The van der Waals surface area contributed by atoms with Crippen LogP contribution >= 0.6 is 0 Å². The number of ketones is 1. The molecule has 0 amide bonds. The Labute approximate surface area is 158 Å². The first-order chi connectivity index (χ1) is 12.7. The molecule has 0 heterocycles. The number of carbonyl (C=O) groups excluding carboxylic acids is 1. The molecule has 2 nitrogen and oxygen atoms in total. The molecule has 26 heavy (non-hydrogen) atoms. The molecule has 0 saturated heterocycles. The van der Waals surface area contributed by atoms with Gasteiger partial charge >= 0.3 is 0 Å². The Morgan fingerprint density at radius 3 is 1.96 bits per heavy atom. The first kappa shape index (κ1) is 20.4. The minimum atomic E-state index is -0.638. The van der Waals surface area contributed by atoms with Gasteiger partial charge in [0.1, 0.15) is 0 Å². The third kappa shape index (κ3) is 6.42. The topological polar surface area (TPSA) is 37.3 Å². The molecule has 0 aliphatic carbocycles. The highest BCUT2D eigenvalue weighted by Crippen LogP contribution is 2.27. The summed E-state index contributed by atoms with van der Waals surface area (Å²) in [6, 6.07) is 19.0. The van der Waals surface area contributed by atoms with Gasteiger partial charge in [0.25, 0.3) is 0 Å². The molecule has 2 heteroatoms.